The van der Waals surface area contributed by atoms with Gasteiger partial charge in [0, 0.05) is 6.54 Å². The molecular weight excluding hydrogens is 254 g/mol. The maximum atomic E-state index is 5.82. The van der Waals surface area contributed by atoms with Crippen LogP contribution >= 0.6 is 22.9 Å². The smallest absolute Gasteiger partial charge is 0.207 e. The zero-order chi connectivity index (χ0) is 11.7. The normalized spacial score (nSPS) is 30.2. The second kappa shape index (κ2) is 5.21. The first kappa shape index (κ1) is 11.9. The predicted molar refractivity (Wildman–Crippen MR) is 70.3 cm³/mol. The lowest BCUT2D eigenvalue weighted by Gasteiger charge is -2.41. The minimum Gasteiger partial charge on any atom is -0.296 e. The molecule has 1 saturated heterocycles. The molecule has 0 spiro atoms. The maximum Gasteiger partial charge on any atom is 0.207 e. The summed E-state index contributed by atoms with van der Waals surface area (Å²) in [7, 11) is 0. The van der Waals surface area contributed by atoms with Crippen molar-refractivity contribution in [1.29, 1.82) is 0 Å². The zero-order valence-corrected chi connectivity index (χ0v) is 11.5. The number of nitrogens with zero attached hydrogens (tertiary/aromatic N) is 3. The van der Waals surface area contributed by atoms with Gasteiger partial charge in [0.2, 0.25) is 4.47 Å². The van der Waals surface area contributed by atoms with Gasteiger partial charge in [0.15, 0.2) is 0 Å². The largest absolute Gasteiger partial charge is 0.296 e. The van der Waals surface area contributed by atoms with E-state index in [1.807, 2.05) is 0 Å². The molecule has 0 aromatic carbocycles. The molecule has 1 aliphatic carbocycles. The molecule has 1 aromatic rings. The highest BCUT2D eigenvalue weighted by Gasteiger charge is 2.31. The summed E-state index contributed by atoms with van der Waals surface area (Å²) in [6.45, 7) is 3.41. The average Bonchev–Trinajstić information content (AvgIpc) is 2.75. The van der Waals surface area contributed by atoms with Crippen molar-refractivity contribution in [2.45, 2.75) is 38.6 Å². The fourth-order valence-corrected chi connectivity index (χ4v) is 4.22. The van der Waals surface area contributed by atoms with E-state index >= 15 is 0 Å². The zero-order valence-electron chi connectivity index (χ0n) is 9.94. The van der Waals surface area contributed by atoms with Crippen molar-refractivity contribution in [2.75, 3.05) is 13.1 Å². The van der Waals surface area contributed by atoms with Crippen LogP contribution in [0.3, 0.4) is 0 Å². The van der Waals surface area contributed by atoms with Crippen LogP contribution in [0.4, 0.5) is 0 Å². The van der Waals surface area contributed by atoms with Crippen LogP contribution in [0.25, 0.3) is 0 Å². The Balaban J connectivity index is 1.58. The second-order valence-corrected chi connectivity index (χ2v) is 6.92. The fourth-order valence-electron chi connectivity index (χ4n) is 3.31. The molecule has 1 aliphatic heterocycles. The van der Waals surface area contributed by atoms with E-state index in [0.29, 0.717) is 4.47 Å². The van der Waals surface area contributed by atoms with E-state index in [4.69, 9.17) is 11.6 Å². The average molecular weight is 272 g/mol. The number of rotatable bonds is 2. The third-order valence-corrected chi connectivity index (χ3v) is 5.18. The van der Waals surface area contributed by atoms with Crippen molar-refractivity contribution >= 4 is 22.9 Å². The standard InChI is InChI=1S/C12H18ClN3S/c13-12-15-14-11(17-12)8-16-6-5-9-3-1-2-4-10(9)7-16/h9-10H,1-8H2. The first-order chi connectivity index (χ1) is 8.31. The lowest BCUT2D eigenvalue weighted by Crippen LogP contribution is -2.41. The molecule has 5 heteroatoms. The van der Waals surface area contributed by atoms with Gasteiger partial charge in [0.25, 0.3) is 0 Å². The Labute approximate surface area is 111 Å². The molecule has 3 nitrogen and oxygen atoms in total. The summed E-state index contributed by atoms with van der Waals surface area (Å²) in [6.07, 6.45) is 7.14. The van der Waals surface area contributed by atoms with E-state index in [0.717, 1.165) is 23.4 Å². The predicted octanol–water partition coefficient (Wildman–Crippen LogP) is 3.20. The molecule has 2 aliphatic rings. The Bertz CT molecular complexity index is 382. The summed E-state index contributed by atoms with van der Waals surface area (Å²) in [5.41, 5.74) is 0. The van der Waals surface area contributed by atoms with E-state index in [9.17, 15) is 0 Å². The minimum atomic E-state index is 0.563. The summed E-state index contributed by atoms with van der Waals surface area (Å²) in [4.78, 5) is 2.53. The highest BCUT2D eigenvalue weighted by Crippen LogP contribution is 2.36. The lowest BCUT2D eigenvalue weighted by atomic mass is 9.75. The third kappa shape index (κ3) is 2.80. The van der Waals surface area contributed by atoms with Crippen LogP contribution in [0, 0.1) is 11.8 Å². The van der Waals surface area contributed by atoms with Gasteiger partial charge in [-0.05, 0) is 42.8 Å². The Morgan fingerprint density at radius 2 is 2.00 bits per heavy atom. The van der Waals surface area contributed by atoms with Crippen molar-refractivity contribution in [1.82, 2.24) is 15.1 Å². The second-order valence-electron chi connectivity index (χ2n) is 5.28. The molecule has 94 valence electrons. The SMILES string of the molecule is Clc1nnc(CN2CCC3CCCCC3C2)s1. The van der Waals surface area contributed by atoms with Gasteiger partial charge in [-0.15, -0.1) is 10.2 Å². The number of likely N-dealkylation sites (tertiary alicyclic amines) is 1. The molecule has 0 radical (unpaired) electrons. The van der Waals surface area contributed by atoms with Crippen LogP contribution in [-0.2, 0) is 6.54 Å². The van der Waals surface area contributed by atoms with Crippen molar-refractivity contribution in [2.24, 2.45) is 11.8 Å². The van der Waals surface area contributed by atoms with Gasteiger partial charge in [-0.3, -0.25) is 4.90 Å². The molecule has 0 N–H and O–H groups in total. The van der Waals surface area contributed by atoms with Crippen molar-refractivity contribution in [3.05, 3.63) is 9.47 Å². The van der Waals surface area contributed by atoms with Crippen LogP contribution < -0.4 is 0 Å². The molecule has 1 aromatic heterocycles. The van der Waals surface area contributed by atoms with Crippen molar-refractivity contribution in [3.8, 4) is 0 Å². The number of hydrogen-bond acceptors (Lipinski definition) is 4. The van der Waals surface area contributed by atoms with Crippen LogP contribution in [0.5, 0.6) is 0 Å². The molecule has 0 bridgehead atoms. The van der Waals surface area contributed by atoms with Crippen molar-refractivity contribution < 1.29 is 0 Å². The van der Waals surface area contributed by atoms with Crippen LogP contribution in [0.1, 0.15) is 37.1 Å². The minimum absolute atomic E-state index is 0.563. The fraction of sp³-hybridized carbons (Fsp3) is 0.833. The molecule has 17 heavy (non-hydrogen) atoms. The van der Waals surface area contributed by atoms with Gasteiger partial charge in [-0.2, -0.15) is 0 Å². The number of halogens is 1. The monoisotopic (exact) mass is 271 g/mol. The molecule has 0 amide bonds. The number of aromatic nitrogens is 2. The quantitative estimate of drug-likeness (QED) is 0.827. The van der Waals surface area contributed by atoms with Gasteiger partial charge in [-0.1, -0.05) is 30.6 Å². The first-order valence-corrected chi connectivity index (χ1v) is 7.71. The molecular formula is C12H18ClN3S. The van der Waals surface area contributed by atoms with E-state index < -0.39 is 0 Å². The van der Waals surface area contributed by atoms with Gasteiger partial charge in [0.05, 0.1) is 6.54 Å². The molecule has 1 saturated carbocycles. The van der Waals surface area contributed by atoms with Crippen LogP contribution in [0.15, 0.2) is 0 Å². The number of fused-ring (bicyclic) bond motifs is 1. The molecule has 2 unspecified atom stereocenters. The summed E-state index contributed by atoms with van der Waals surface area (Å²) >= 11 is 7.33. The van der Waals surface area contributed by atoms with Gasteiger partial charge in [-0.25, -0.2) is 0 Å². The Hall–Kier alpha value is -0.190. The molecule has 2 fully saturated rings. The van der Waals surface area contributed by atoms with Gasteiger partial charge < -0.3 is 0 Å². The third-order valence-electron chi connectivity index (χ3n) is 4.18. The van der Waals surface area contributed by atoms with Crippen molar-refractivity contribution in [3.63, 3.8) is 0 Å². The maximum absolute atomic E-state index is 5.82. The number of piperidine rings is 1. The molecule has 2 heterocycles. The van der Waals surface area contributed by atoms with Crippen LogP contribution in [0.2, 0.25) is 4.47 Å². The number of hydrogen-bond donors (Lipinski definition) is 0. The van der Waals surface area contributed by atoms with Gasteiger partial charge in [0.1, 0.15) is 5.01 Å². The van der Waals surface area contributed by atoms with Crippen LogP contribution in [-0.4, -0.2) is 28.2 Å². The topological polar surface area (TPSA) is 29.0 Å². The summed E-state index contributed by atoms with van der Waals surface area (Å²) in [6, 6.07) is 0. The Morgan fingerprint density at radius 3 is 2.76 bits per heavy atom. The highest BCUT2D eigenvalue weighted by atomic mass is 35.5. The lowest BCUT2D eigenvalue weighted by molar-refractivity contribution is 0.0819. The van der Waals surface area contributed by atoms with E-state index in [-0.39, 0.29) is 0 Å². The summed E-state index contributed by atoms with van der Waals surface area (Å²) in [5.74, 6) is 1.93. The first-order valence-electron chi connectivity index (χ1n) is 6.51. The Morgan fingerprint density at radius 1 is 1.18 bits per heavy atom. The van der Waals surface area contributed by atoms with E-state index in [1.165, 1.54) is 56.5 Å². The van der Waals surface area contributed by atoms with E-state index in [2.05, 4.69) is 15.1 Å². The summed E-state index contributed by atoms with van der Waals surface area (Å²) < 4.78 is 0.563. The Kier molecular flexibility index (Phi) is 3.64. The molecule has 2 atom stereocenters. The highest BCUT2D eigenvalue weighted by molar-refractivity contribution is 7.15. The molecule has 3 rings (SSSR count). The van der Waals surface area contributed by atoms with Gasteiger partial charge >= 0.3 is 0 Å². The summed E-state index contributed by atoms with van der Waals surface area (Å²) in [5, 5.41) is 9.04. The van der Waals surface area contributed by atoms with E-state index in [1.54, 1.807) is 0 Å².